The molecule has 0 amide bonds. The summed E-state index contributed by atoms with van der Waals surface area (Å²) in [5, 5.41) is 11.2. The number of hydrogen-bond acceptors (Lipinski definition) is 5. The summed E-state index contributed by atoms with van der Waals surface area (Å²) in [6.45, 7) is 0.846. The lowest BCUT2D eigenvalue weighted by atomic mass is 9.92. The summed E-state index contributed by atoms with van der Waals surface area (Å²) >= 11 is 0. The third-order valence-electron chi connectivity index (χ3n) is 4.34. The second-order valence-electron chi connectivity index (χ2n) is 5.43. The van der Waals surface area contributed by atoms with Crippen molar-refractivity contribution in [2.75, 3.05) is 17.2 Å². The number of pyridine rings is 1. The maximum atomic E-state index is 11.2. The Hall–Kier alpha value is -1.85. The molecule has 1 aliphatic carbocycles. The second-order valence-corrected chi connectivity index (χ2v) is 5.43. The fourth-order valence-corrected chi connectivity index (χ4v) is 3.53. The number of aromatic nitrogens is 1. The minimum absolute atomic E-state index is 0.0711. The number of piperidine rings is 1. The van der Waals surface area contributed by atoms with E-state index in [4.69, 9.17) is 5.73 Å². The van der Waals surface area contributed by atoms with Crippen LogP contribution in [0.3, 0.4) is 0 Å². The summed E-state index contributed by atoms with van der Waals surface area (Å²) in [6.07, 6.45) is 5.86. The van der Waals surface area contributed by atoms with Crippen LogP contribution in [0.4, 0.5) is 17.3 Å². The first-order valence-electron chi connectivity index (χ1n) is 6.84. The van der Waals surface area contributed by atoms with Gasteiger partial charge in [-0.3, -0.25) is 10.1 Å². The Morgan fingerprint density at radius 1 is 1.32 bits per heavy atom. The monoisotopic (exact) mass is 262 g/mol. The van der Waals surface area contributed by atoms with Gasteiger partial charge in [0.15, 0.2) is 0 Å². The van der Waals surface area contributed by atoms with Crippen molar-refractivity contribution in [2.24, 2.45) is 5.92 Å². The molecule has 102 valence electrons. The van der Waals surface area contributed by atoms with E-state index in [0.717, 1.165) is 19.4 Å². The largest absolute Gasteiger partial charge is 0.384 e. The highest BCUT2D eigenvalue weighted by Gasteiger charge is 2.38. The van der Waals surface area contributed by atoms with Gasteiger partial charge in [0.05, 0.1) is 4.92 Å². The van der Waals surface area contributed by atoms with Gasteiger partial charge in [0.25, 0.3) is 0 Å². The van der Waals surface area contributed by atoms with Gasteiger partial charge in [0.1, 0.15) is 5.82 Å². The normalized spacial score (nSPS) is 26.2. The molecule has 2 heterocycles. The van der Waals surface area contributed by atoms with Crippen LogP contribution in [0.15, 0.2) is 12.1 Å². The van der Waals surface area contributed by atoms with Gasteiger partial charge in [-0.05, 0) is 37.7 Å². The highest BCUT2D eigenvalue weighted by atomic mass is 16.6. The van der Waals surface area contributed by atoms with Crippen molar-refractivity contribution in [3.05, 3.63) is 22.2 Å². The van der Waals surface area contributed by atoms with Crippen molar-refractivity contribution in [3.8, 4) is 0 Å². The maximum absolute atomic E-state index is 11.2. The first-order chi connectivity index (χ1) is 9.16. The van der Waals surface area contributed by atoms with Crippen molar-refractivity contribution in [1.29, 1.82) is 0 Å². The quantitative estimate of drug-likeness (QED) is 0.653. The molecule has 2 unspecified atom stereocenters. The van der Waals surface area contributed by atoms with E-state index in [2.05, 4.69) is 9.88 Å². The van der Waals surface area contributed by atoms with Crippen molar-refractivity contribution >= 4 is 17.3 Å². The zero-order valence-corrected chi connectivity index (χ0v) is 10.8. The average molecular weight is 262 g/mol. The highest BCUT2D eigenvalue weighted by Crippen LogP contribution is 2.41. The molecule has 0 radical (unpaired) electrons. The summed E-state index contributed by atoms with van der Waals surface area (Å²) in [4.78, 5) is 17.2. The molecule has 1 saturated carbocycles. The van der Waals surface area contributed by atoms with Gasteiger partial charge in [0.2, 0.25) is 5.82 Å². The Morgan fingerprint density at radius 2 is 2.11 bits per heavy atom. The van der Waals surface area contributed by atoms with Crippen molar-refractivity contribution < 1.29 is 4.92 Å². The standard InChI is InChI=1S/C13H18N4O2/c14-12-7-6-11(17(18)19)13(15-12)16-8-2-4-9-3-1-5-10(9)16/h6-7,9-10H,1-5,8H2,(H2,14,15). The molecule has 1 saturated heterocycles. The number of fused-ring (bicyclic) bond motifs is 1. The number of anilines is 2. The average Bonchev–Trinajstić information content (AvgIpc) is 2.86. The van der Waals surface area contributed by atoms with Crippen LogP contribution in [0.5, 0.6) is 0 Å². The SMILES string of the molecule is Nc1ccc([N+](=O)[O-])c(N2CCCC3CCCC32)n1. The van der Waals surface area contributed by atoms with E-state index < -0.39 is 0 Å². The van der Waals surface area contributed by atoms with Gasteiger partial charge in [-0.2, -0.15) is 0 Å². The summed E-state index contributed by atoms with van der Waals surface area (Å²) in [5.74, 6) is 1.47. The summed E-state index contributed by atoms with van der Waals surface area (Å²) in [5.41, 5.74) is 5.78. The lowest BCUT2D eigenvalue weighted by Gasteiger charge is -2.38. The topological polar surface area (TPSA) is 85.3 Å². The van der Waals surface area contributed by atoms with Gasteiger partial charge in [-0.25, -0.2) is 4.98 Å². The number of nitrogen functional groups attached to an aromatic ring is 1. The van der Waals surface area contributed by atoms with Crippen LogP contribution in [-0.2, 0) is 0 Å². The van der Waals surface area contributed by atoms with Gasteiger partial charge in [0, 0.05) is 18.7 Å². The molecule has 2 atom stereocenters. The Bertz CT molecular complexity index is 505. The molecule has 0 spiro atoms. The van der Waals surface area contributed by atoms with E-state index in [9.17, 15) is 10.1 Å². The minimum Gasteiger partial charge on any atom is -0.384 e. The number of nitrogens with zero attached hydrogens (tertiary/aromatic N) is 3. The smallest absolute Gasteiger partial charge is 0.311 e. The second kappa shape index (κ2) is 4.68. The van der Waals surface area contributed by atoms with E-state index in [1.807, 2.05) is 0 Å². The molecule has 2 aliphatic rings. The van der Waals surface area contributed by atoms with Crippen molar-refractivity contribution in [3.63, 3.8) is 0 Å². The molecule has 6 heteroatoms. The summed E-state index contributed by atoms with van der Waals surface area (Å²) in [7, 11) is 0. The van der Waals surface area contributed by atoms with Crippen LogP contribution in [0.2, 0.25) is 0 Å². The Labute approximate surface area is 111 Å². The molecule has 2 N–H and O–H groups in total. The molecule has 0 bridgehead atoms. The Kier molecular flexibility index (Phi) is 3.00. The van der Waals surface area contributed by atoms with E-state index in [-0.39, 0.29) is 10.6 Å². The zero-order chi connectivity index (χ0) is 13.4. The Balaban J connectivity index is 2.00. The lowest BCUT2D eigenvalue weighted by Crippen LogP contribution is -2.43. The molecule has 19 heavy (non-hydrogen) atoms. The molecule has 6 nitrogen and oxygen atoms in total. The van der Waals surface area contributed by atoms with Crippen molar-refractivity contribution in [1.82, 2.24) is 4.98 Å². The predicted molar refractivity (Wildman–Crippen MR) is 73.0 cm³/mol. The van der Waals surface area contributed by atoms with Crippen LogP contribution in [0.25, 0.3) is 0 Å². The summed E-state index contributed by atoms with van der Waals surface area (Å²) in [6, 6.07) is 3.37. The molecular weight excluding hydrogens is 244 g/mol. The van der Waals surface area contributed by atoms with Gasteiger partial charge >= 0.3 is 5.69 Å². The number of nitrogens with two attached hydrogens (primary N) is 1. The van der Waals surface area contributed by atoms with Crippen LogP contribution < -0.4 is 10.6 Å². The number of nitro groups is 1. The highest BCUT2D eigenvalue weighted by molar-refractivity contribution is 5.62. The Morgan fingerprint density at radius 3 is 2.89 bits per heavy atom. The lowest BCUT2D eigenvalue weighted by molar-refractivity contribution is -0.384. The summed E-state index contributed by atoms with van der Waals surface area (Å²) < 4.78 is 0. The molecule has 1 aromatic rings. The molecular formula is C13H18N4O2. The van der Waals surface area contributed by atoms with Crippen LogP contribution in [-0.4, -0.2) is 22.5 Å². The third-order valence-corrected chi connectivity index (χ3v) is 4.34. The first kappa shape index (κ1) is 12.2. The van der Waals surface area contributed by atoms with E-state index in [0.29, 0.717) is 23.6 Å². The molecule has 1 aromatic heterocycles. The molecule has 2 fully saturated rings. The predicted octanol–water partition coefficient (Wildman–Crippen LogP) is 2.34. The molecule has 3 rings (SSSR count). The fourth-order valence-electron chi connectivity index (χ4n) is 3.53. The maximum Gasteiger partial charge on any atom is 0.311 e. The third kappa shape index (κ3) is 2.11. The molecule has 0 aromatic carbocycles. The van der Waals surface area contributed by atoms with Gasteiger partial charge in [-0.15, -0.1) is 0 Å². The fraction of sp³-hybridized carbons (Fsp3) is 0.615. The number of rotatable bonds is 2. The van der Waals surface area contributed by atoms with E-state index >= 15 is 0 Å². The van der Waals surface area contributed by atoms with E-state index in [1.54, 1.807) is 0 Å². The van der Waals surface area contributed by atoms with Gasteiger partial charge in [-0.1, -0.05) is 6.42 Å². The number of hydrogen-bond donors (Lipinski definition) is 1. The van der Waals surface area contributed by atoms with E-state index in [1.165, 1.54) is 31.4 Å². The van der Waals surface area contributed by atoms with Crippen LogP contribution >= 0.6 is 0 Å². The first-order valence-corrected chi connectivity index (χ1v) is 6.84. The molecule has 1 aliphatic heterocycles. The zero-order valence-electron chi connectivity index (χ0n) is 10.8. The minimum atomic E-state index is -0.361. The van der Waals surface area contributed by atoms with Gasteiger partial charge < -0.3 is 10.6 Å². The van der Waals surface area contributed by atoms with Crippen molar-refractivity contribution in [2.45, 2.75) is 38.1 Å². The van der Waals surface area contributed by atoms with Crippen LogP contribution in [0, 0.1) is 16.0 Å². The van der Waals surface area contributed by atoms with Crippen LogP contribution in [0.1, 0.15) is 32.1 Å².